The fourth-order valence-electron chi connectivity index (χ4n) is 1.40. The minimum absolute atomic E-state index is 0.0160. The van der Waals surface area contributed by atoms with Crippen LogP contribution < -0.4 is 5.73 Å². The maximum atomic E-state index is 8.86. The monoisotopic (exact) mass is 233 g/mol. The quantitative estimate of drug-likeness (QED) is 0.664. The highest BCUT2D eigenvalue weighted by molar-refractivity contribution is 5.41. The molecular formula is C15H23NO. The van der Waals surface area contributed by atoms with Crippen molar-refractivity contribution in [1.82, 2.24) is 0 Å². The van der Waals surface area contributed by atoms with Gasteiger partial charge >= 0.3 is 0 Å². The predicted octanol–water partition coefficient (Wildman–Crippen LogP) is 2.89. The maximum Gasteiger partial charge on any atom is 0.0585 e. The Balaban J connectivity index is 4.68. The van der Waals surface area contributed by atoms with Gasteiger partial charge in [0.15, 0.2) is 0 Å². The Hall–Kier alpha value is -1.38. The lowest BCUT2D eigenvalue weighted by Crippen LogP contribution is -2.24. The molecule has 17 heavy (non-hydrogen) atoms. The van der Waals surface area contributed by atoms with Crippen LogP contribution in [0.4, 0.5) is 0 Å². The predicted molar refractivity (Wildman–Crippen MR) is 75.7 cm³/mol. The van der Waals surface area contributed by atoms with Gasteiger partial charge in [0.05, 0.1) is 6.61 Å². The van der Waals surface area contributed by atoms with E-state index in [9.17, 15) is 0 Å². The zero-order valence-electron chi connectivity index (χ0n) is 10.8. The van der Waals surface area contributed by atoms with Crippen molar-refractivity contribution in [3.8, 4) is 0 Å². The van der Waals surface area contributed by atoms with E-state index in [1.54, 1.807) is 12.2 Å². The van der Waals surface area contributed by atoms with Gasteiger partial charge in [0, 0.05) is 6.04 Å². The van der Waals surface area contributed by atoms with E-state index < -0.39 is 0 Å². The van der Waals surface area contributed by atoms with Crippen LogP contribution in [0.25, 0.3) is 0 Å². The summed E-state index contributed by atoms with van der Waals surface area (Å²) >= 11 is 0. The highest BCUT2D eigenvalue weighted by Crippen LogP contribution is 2.12. The van der Waals surface area contributed by atoms with Crippen molar-refractivity contribution in [2.24, 2.45) is 5.73 Å². The lowest BCUT2D eigenvalue weighted by Gasteiger charge is -2.07. The summed E-state index contributed by atoms with van der Waals surface area (Å²) in [4.78, 5) is 0. The van der Waals surface area contributed by atoms with Gasteiger partial charge in [0.1, 0.15) is 0 Å². The van der Waals surface area contributed by atoms with Crippen LogP contribution in [0.2, 0.25) is 0 Å². The zero-order valence-corrected chi connectivity index (χ0v) is 10.8. The van der Waals surface area contributed by atoms with Crippen molar-refractivity contribution >= 4 is 0 Å². The Morgan fingerprint density at radius 2 is 1.88 bits per heavy atom. The molecule has 0 saturated carbocycles. The molecule has 0 fully saturated rings. The minimum atomic E-state index is -0.178. The fraction of sp³-hybridized carbons (Fsp3) is 0.333. The van der Waals surface area contributed by atoms with Crippen LogP contribution in [-0.4, -0.2) is 17.8 Å². The molecule has 0 radical (unpaired) electrons. The zero-order chi connectivity index (χ0) is 13.3. The Kier molecular flexibility index (Phi) is 8.03. The molecule has 0 aliphatic carbocycles. The van der Waals surface area contributed by atoms with Crippen LogP contribution >= 0.6 is 0 Å². The SMILES string of the molecule is C=C/C=C(C=C)/C(C)=C/C=C(\C)CC(N)CO. The summed E-state index contributed by atoms with van der Waals surface area (Å²) in [5.41, 5.74) is 8.98. The molecule has 0 bridgehead atoms. The molecule has 2 heteroatoms. The third-order valence-corrected chi connectivity index (χ3v) is 2.41. The second kappa shape index (κ2) is 8.74. The third-order valence-electron chi connectivity index (χ3n) is 2.41. The number of allylic oxidation sites excluding steroid dienone is 7. The van der Waals surface area contributed by atoms with Crippen LogP contribution in [0.15, 0.2) is 60.3 Å². The van der Waals surface area contributed by atoms with Gasteiger partial charge in [-0.2, -0.15) is 0 Å². The van der Waals surface area contributed by atoms with E-state index in [2.05, 4.69) is 13.2 Å². The van der Waals surface area contributed by atoms with Gasteiger partial charge < -0.3 is 10.8 Å². The molecule has 0 spiro atoms. The molecule has 1 atom stereocenters. The average molecular weight is 233 g/mol. The Morgan fingerprint density at radius 1 is 1.24 bits per heavy atom. The maximum absolute atomic E-state index is 8.86. The molecule has 0 heterocycles. The summed E-state index contributed by atoms with van der Waals surface area (Å²) in [5, 5.41) is 8.86. The van der Waals surface area contributed by atoms with E-state index in [-0.39, 0.29) is 12.6 Å². The van der Waals surface area contributed by atoms with Crippen molar-refractivity contribution in [2.75, 3.05) is 6.61 Å². The van der Waals surface area contributed by atoms with Crippen LogP contribution in [0, 0.1) is 0 Å². The molecule has 0 aromatic rings. The van der Waals surface area contributed by atoms with Crippen LogP contribution in [0.3, 0.4) is 0 Å². The molecule has 0 amide bonds. The summed E-state index contributed by atoms with van der Waals surface area (Å²) in [6, 6.07) is -0.178. The van der Waals surface area contributed by atoms with Crippen molar-refractivity contribution in [3.05, 3.63) is 60.3 Å². The largest absolute Gasteiger partial charge is 0.395 e. The molecule has 94 valence electrons. The van der Waals surface area contributed by atoms with Gasteiger partial charge in [-0.15, -0.1) is 0 Å². The number of nitrogens with two attached hydrogens (primary N) is 1. The van der Waals surface area contributed by atoms with Gasteiger partial charge in [-0.25, -0.2) is 0 Å². The van der Waals surface area contributed by atoms with Crippen molar-refractivity contribution in [1.29, 1.82) is 0 Å². The van der Waals surface area contributed by atoms with Gasteiger partial charge in [0.25, 0.3) is 0 Å². The first-order chi connectivity index (χ1) is 8.04. The van der Waals surface area contributed by atoms with E-state index in [4.69, 9.17) is 10.8 Å². The first-order valence-electron chi connectivity index (χ1n) is 5.71. The van der Waals surface area contributed by atoms with Gasteiger partial charge in [-0.3, -0.25) is 0 Å². The number of aliphatic hydroxyl groups excluding tert-OH is 1. The molecule has 0 aliphatic heterocycles. The third kappa shape index (κ3) is 6.72. The molecule has 3 N–H and O–H groups in total. The normalized spacial score (nSPS) is 15.6. The summed E-state index contributed by atoms with van der Waals surface area (Å²) < 4.78 is 0. The van der Waals surface area contributed by atoms with Crippen molar-refractivity contribution < 1.29 is 5.11 Å². The molecule has 0 saturated heterocycles. The molecule has 0 rings (SSSR count). The van der Waals surface area contributed by atoms with E-state index >= 15 is 0 Å². The molecule has 1 unspecified atom stereocenters. The van der Waals surface area contributed by atoms with Gasteiger partial charge in [-0.05, 0) is 31.4 Å². The molecular weight excluding hydrogens is 210 g/mol. The Labute approximate surface area is 105 Å². The van der Waals surface area contributed by atoms with Crippen molar-refractivity contribution in [2.45, 2.75) is 26.3 Å². The van der Waals surface area contributed by atoms with E-state index in [0.717, 1.165) is 16.7 Å². The first kappa shape index (κ1) is 15.6. The van der Waals surface area contributed by atoms with Crippen molar-refractivity contribution in [3.63, 3.8) is 0 Å². The number of hydrogen-bond donors (Lipinski definition) is 2. The number of hydrogen-bond acceptors (Lipinski definition) is 2. The van der Waals surface area contributed by atoms with Gasteiger partial charge in [0.2, 0.25) is 0 Å². The summed E-state index contributed by atoms with van der Waals surface area (Å²) in [7, 11) is 0. The lowest BCUT2D eigenvalue weighted by atomic mass is 10.0. The van der Waals surface area contributed by atoms with E-state index in [1.807, 2.05) is 32.1 Å². The Morgan fingerprint density at radius 3 is 2.35 bits per heavy atom. The molecule has 2 nitrogen and oxygen atoms in total. The highest BCUT2D eigenvalue weighted by atomic mass is 16.3. The number of rotatable bonds is 7. The van der Waals surface area contributed by atoms with Crippen LogP contribution in [0.1, 0.15) is 20.3 Å². The molecule has 0 aromatic carbocycles. The molecule has 0 aliphatic rings. The van der Waals surface area contributed by atoms with Gasteiger partial charge in [-0.1, -0.05) is 49.1 Å². The van der Waals surface area contributed by atoms with E-state index in [0.29, 0.717) is 6.42 Å². The van der Waals surface area contributed by atoms with Crippen LogP contribution in [0.5, 0.6) is 0 Å². The minimum Gasteiger partial charge on any atom is -0.395 e. The smallest absolute Gasteiger partial charge is 0.0585 e. The first-order valence-corrected chi connectivity index (χ1v) is 5.71. The lowest BCUT2D eigenvalue weighted by molar-refractivity contribution is 0.265. The fourth-order valence-corrected chi connectivity index (χ4v) is 1.40. The second-order valence-electron chi connectivity index (χ2n) is 4.07. The average Bonchev–Trinajstić information content (AvgIpc) is 2.32. The standard InChI is InChI=1S/C15H23NO/c1-5-7-14(6-2)13(4)9-8-12(3)10-15(16)11-17/h5-9,15,17H,1-2,10-11,16H2,3-4H3/b12-8+,13-9+,14-7+. The molecule has 0 aromatic heterocycles. The number of aliphatic hydroxyl groups is 1. The topological polar surface area (TPSA) is 46.2 Å². The summed E-state index contributed by atoms with van der Waals surface area (Å²) in [6.45, 7) is 11.5. The second-order valence-corrected chi connectivity index (χ2v) is 4.07. The highest BCUT2D eigenvalue weighted by Gasteiger charge is 2.00. The van der Waals surface area contributed by atoms with E-state index in [1.165, 1.54) is 0 Å². The van der Waals surface area contributed by atoms with Crippen LogP contribution in [-0.2, 0) is 0 Å². The Bertz CT molecular complexity index is 348. The summed E-state index contributed by atoms with van der Waals surface area (Å²) in [6.07, 6.45) is 10.2. The summed E-state index contributed by atoms with van der Waals surface area (Å²) in [5.74, 6) is 0.